The van der Waals surface area contributed by atoms with Crippen LogP contribution in [0.5, 0.6) is 11.5 Å². The fourth-order valence-corrected chi connectivity index (χ4v) is 2.56. The number of halogens is 4. The van der Waals surface area contributed by atoms with Crippen molar-refractivity contribution in [1.82, 2.24) is 0 Å². The van der Waals surface area contributed by atoms with Crippen LogP contribution in [0, 0.1) is 0 Å². The predicted octanol–water partition coefficient (Wildman–Crippen LogP) is 6.53. The monoisotopic (exact) mass is 482 g/mol. The van der Waals surface area contributed by atoms with Crippen LogP contribution in [0.3, 0.4) is 0 Å². The van der Waals surface area contributed by atoms with E-state index in [4.69, 9.17) is 4.74 Å². The molecule has 0 amide bonds. The van der Waals surface area contributed by atoms with Gasteiger partial charge < -0.3 is 4.74 Å². The highest BCUT2D eigenvalue weighted by Gasteiger charge is 2.07. The third-order valence-electron chi connectivity index (χ3n) is 2.01. The van der Waals surface area contributed by atoms with Gasteiger partial charge >= 0.3 is 0 Å². The maximum atomic E-state index is 5.85. The van der Waals surface area contributed by atoms with E-state index < -0.39 is 0 Å². The van der Waals surface area contributed by atoms with Gasteiger partial charge in [0.15, 0.2) is 0 Å². The van der Waals surface area contributed by atoms with Crippen LogP contribution in [0.25, 0.3) is 0 Å². The van der Waals surface area contributed by atoms with Gasteiger partial charge in [-0.15, -0.1) is 0 Å². The van der Waals surface area contributed by atoms with E-state index in [2.05, 4.69) is 63.7 Å². The maximum Gasteiger partial charge on any atom is 0.142 e. The molecular weight excluding hydrogens is 480 g/mol. The average Bonchev–Trinajstić information content (AvgIpc) is 2.28. The van der Waals surface area contributed by atoms with Crippen LogP contribution < -0.4 is 4.74 Å². The first kappa shape index (κ1) is 13.6. The van der Waals surface area contributed by atoms with Crippen molar-refractivity contribution in [3.05, 3.63) is 54.3 Å². The number of hydrogen-bond acceptors (Lipinski definition) is 1. The van der Waals surface area contributed by atoms with Crippen molar-refractivity contribution in [3.63, 3.8) is 0 Å². The van der Waals surface area contributed by atoms with Gasteiger partial charge in [-0.25, -0.2) is 0 Å². The third-order valence-corrected chi connectivity index (χ3v) is 4.30. The molecule has 0 saturated heterocycles. The summed E-state index contributed by atoms with van der Waals surface area (Å²) in [5, 5.41) is 0. The molecule has 88 valence electrons. The maximum absolute atomic E-state index is 5.85. The average molecular weight is 486 g/mol. The number of rotatable bonds is 2. The molecular formula is C12H6Br4O. The van der Waals surface area contributed by atoms with Crippen LogP contribution in [0.15, 0.2) is 54.3 Å². The van der Waals surface area contributed by atoms with E-state index in [9.17, 15) is 0 Å². The molecule has 0 aromatic heterocycles. The Kier molecular flexibility index (Phi) is 4.69. The van der Waals surface area contributed by atoms with Gasteiger partial charge in [-0.05, 0) is 68.3 Å². The Hall–Kier alpha value is 0.160. The van der Waals surface area contributed by atoms with Crippen molar-refractivity contribution in [2.24, 2.45) is 0 Å². The molecule has 0 bridgehead atoms. The molecule has 0 saturated carbocycles. The lowest BCUT2D eigenvalue weighted by Gasteiger charge is -2.10. The second kappa shape index (κ2) is 5.87. The molecule has 2 aromatic carbocycles. The van der Waals surface area contributed by atoms with E-state index in [1.807, 2.05) is 36.4 Å². The quantitative estimate of drug-likeness (QED) is 0.470. The summed E-state index contributed by atoms with van der Waals surface area (Å²) in [4.78, 5) is 0. The lowest BCUT2D eigenvalue weighted by Crippen LogP contribution is -1.87. The van der Waals surface area contributed by atoms with Gasteiger partial charge in [0, 0.05) is 8.95 Å². The molecule has 17 heavy (non-hydrogen) atoms. The highest BCUT2D eigenvalue weighted by Crippen LogP contribution is 2.36. The van der Waals surface area contributed by atoms with Gasteiger partial charge in [-0.1, -0.05) is 31.9 Å². The van der Waals surface area contributed by atoms with E-state index in [1.165, 1.54) is 0 Å². The lowest BCUT2D eigenvalue weighted by molar-refractivity contribution is 0.476. The first-order valence-corrected chi connectivity index (χ1v) is 7.81. The minimum atomic E-state index is 0.762. The second-order valence-corrected chi connectivity index (χ2v) is 6.79. The van der Waals surface area contributed by atoms with Crippen LogP contribution in [-0.2, 0) is 0 Å². The Balaban J connectivity index is 2.37. The Bertz CT molecular complexity index is 505. The Labute approximate surface area is 133 Å². The molecule has 2 rings (SSSR count). The smallest absolute Gasteiger partial charge is 0.142 e. The summed E-state index contributed by atoms with van der Waals surface area (Å²) >= 11 is 13.8. The summed E-state index contributed by atoms with van der Waals surface area (Å²) < 4.78 is 9.62. The molecule has 0 radical (unpaired) electrons. The predicted molar refractivity (Wildman–Crippen MR) is 83.8 cm³/mol. The standard InChI is InChI=1S/C12H6Br4O/c13-7-1-3-9(15)11(5-7)17-12-6-8(14)2-4-10(12)16/h1-6H. The van der Waals surface area contributed by atoms with Gasteiger partial charge in [-0.2, -0.15) is 0 Å². The highest BCUT2D eigenvalue weighted by molar-refractivity contribution is 9.11. The molecule has 5 heteroatoms. The zero-order valence-corrected chi connectivity index (χ0v) is 14.7. The summed E-state index contributed by atoms with van der Waals surface area (Å²) in [5.41, 5.74) is 0. The first-order valence-electron chi connectivity index (χ1n) is 4.64. The van der Waals surface area contributed by atoms with Crippen molar-refractivity contribution in [2.75, 3.05) is 0 Å². The lowest BCUT2D eigenvalue weighted by atomic mass is 10.3. The molecule has 0 spiro atoms. The van der Waals surface area contributed by atoms with Crippen LogP contribution in [0.2, 0.25) is 0 Å². The summed E-state index contributed by atoms with van der Waals surface area (Å²) in [7, 11) is 0. The molecule has 0 fully saturated rings. The van der Waals surface area contributed by atoms with Gasteiger partial charge in [0.1, 0.15) is 11.5 Å². The van der Waals surface area contributed by atoms with Gasteiger partial charge in [0.25, 0.3) is 0 Å². The molecule has 0 aliphatic carbocycles. The van der Waals surface area contributed by atoms with E-state index in [1.54, 1.807) is 0 Å². The van der Waals surface area contributed by atoms with Gasteiger partial charge in [0.2, 0.25) is 0 Å². The van der Waals surface area contributed by atoms with Gasteiger partial charge in [-0.3, -0.25) is 0 Å². The Morgan fingerprint density at radius 1 is 0.647 bits per heavy atom. The number of benzene rings is 2. The topological polar surface area (TPSA) is 9.23 Å². The molecule has 0 aliphatic rings. The number of ether oxygens (including phenoxy) is 1. The molecule has 0 aliphatic heterocycles. The van der Waals surface area contributed by atoms with E-state index >= 15 is 0 Å². The Morgan fingerprint density at radius 2 is 1.06 bits per heavy atom. The van der Waals surface area contributed by atoms with E-state index in [0.717, 1.165) is 29.4 Å². The van der Waals surface area contributed by atoms with Gasteiger partial charge in [0.05, 0.1) is 8.95 Å². The molecule has 1 nitrogen and oxygen atoms in total. The van der Waals surface area contributed by atoms with Crippen molar-refractivity contribution < 1.29 is 4.74 Å². The third kappa shape index (κ3) is 3.56. The van der Waals surface area contributed by atoms with Crippen molar-refractivity contribution in [2.45, 2.75) is 0 Å². The number of hydrogen-bond donors (Lipinski definition) is 0. The minimum absolute atomic E-state index is 0.762. The molecule has 0 heterocycles. The minimum Gasteiger partial charge on any atom is -0.455 e. The summed E-state index contributed by atoms with van der Waals surface area (Å²) in [6, 6.07) is 11.6. The highest BCUT2D eigenvalue weighted by atomic mass is 79.9. The van der Waals surface area contributed by atoms with Crippen molar-refractivity contribution in [3.8, 4) is 11.5 Å². The zero-order valence-electron chi connectivity index (χ0n) is 8.38. The molecule has 0 atom stereocenters. The van der Waals surface area contributed by atoms with E-state index in [0.29, 0.717) is 0 Å². The van der Waals surface area contributed by atoms with Crippen molar-refractivity contribution >= 4 is 63.7 Å². The largest absolute Gasteiger partial charge is 0.455 e. The van der Waals surface area contributed by atoms with Crippen LogP contribution in [0.4, 0.5) is 0 Å². The zero-order chi connectivity index (χ0) is 12.4. The first-order chi connectivity index (χ1) is 8.06. The van der Waals surface area contributed by atoms with Crippen LogP contribution in [0.1, 0.15) is 0 Å². The molecule has 0 N–H and O–H groups in total. The summed E-state index contributed by atoms with van der Waals surface area (Å²) in [5.74, 6) is 1.52. The van der Waals surface area contributed by atoms with Crippen LogP contribution in [-0.4, -0.2) is 0 Å². The molecule has 0 unspecified atom stereocenters. The summed E-state index contributed by atoms with van der Waals surface area (Å²) in [6.45, 7) is 0. The Morgan fingerprint density at radius 3 is 1.47 bits per heavy atom. The normalized spacial score (nSPS) is 10.4. The van der Waals surface area contributed by atoms with Crippen LogP contribution >= 0.6 is 63.7 Å². The molecule has 2 aromatic rings. The second-order valence-electron chi connectivity index (χ2n) is 3.25. The fourth-order valence-electron chi connectivity index (χ4n) is 1.23. The SMILES string of the molecule is Brc1ccc(Br)c(Oc2cc(Br)ccc2Br)c1. The summed E-state index contributed by atoms with van der Waals surface area (Å²) in [6.07, 6.45) is 0. The van der Waals surface area contributed by atoms with E-state index in [-0.39, 0.29) is 0 Å². The fraction of sp³-hybridized carbons (Fsp3) is 0. The van der Waals surface area contributed by atoms with Crippen molar-refractivity contribution in [1.29, 1.82) is 0 Å².